The monoisotopic (exact) mass is 273 g/mol. The van der Waals surface area contributed by atoms with Crippen LogP contribution in [0.2, 0.25) is 0 Å². The van der Waals surface area contributed by atoms with Gasteiger partial charge >= 0.3 is 0 Å². The van der Waals surface area contributed by atoms with Gasteiger partial charge in [-0.3, -0.25) is 19.3 Å². The molecule has 0 fully saturated rings. The van der Waals surface area contributed by atoms with E-state index in [9.17, 15) is 14.4 Å². The molecule has 1 aliphatic rings. The number of rotatable bonds is 5. The summed E-state index contributed by atoms with van der Waals surface area (Å²) >= 11 is 0. The number of hydrogen-bond donors (Lipinski definition) is 0. The second-order valence-corrected chi connectivity index (χ2v) is 5.19. The van der Waals surface area contributed by atoms with E-state index in [0.717, 1.165) is 24.2 Å². The molecule has 0 unspecified atom stereocenters. The summed E-state index contributed by atoms with van der Waals surface area (Å²) in [4.78, 5) is 36.8. The zero-order valence-electron chi connectivity index (χ0n) is 11.9. The van der Waals surface area contributed by atoms with E-state index in [0.29, 0.717) is 23.1 Å². The Kier molecular flexibility index (Phi) is 4.32. The molecule has 1 aliphatic heterocycles. The van der Waals surface area contributed by atoms with Gasteiger partial charge in [0, 0.05) is 24.6 Å². The molecule has 1 aromatic rings. The molecule has 0 N–H and O–H groups in total. The highest BCUT2D eigenvalue weighted by Crippen LogP contribution is 2.21. The lowest BCUT2D eigenvalue weighted by molar-refractivity contribution is -0.127. The first-order valence-corrected chi connectivity index (χ1v) is 7.01. The number of Topliss-reactive ketones (excluding diaryl/α,β-unsaturated/α-hetero) is 1. The average molecular weight is 273 g/mol. The molecular weight excluding hydrogens is 254 g/mol. The maximum Gasteiger partial charge on any atom is 0.260 e. The summed E-state index contributed by atoms with van der Waals surface area (Å²) < 4.78 is 0. The third-order valence-electron chi connectivity index (χ3n) is 3.69. The summed E-state index contributed by atoms with van der Waals surface area (Å²) in [6, 6.07) is 5.08. The second kappa shape index (κ2) is 5.99. The lowest BCUT2D eigenvalue weighted by Crippen LogP contribution is -2.39. The van der Waals surface area contributed by atoms with Gasteiger partial charge in [-0.2, -0.15) is 0 Å². The van der Waals surface area contributed by atoms with Crippen LogP contribution in [-0.2, 0) is 11.2 Å². The van der Waals surface area contributed by atoms with Gasteiger partial charge in [-0.15, -0.1) is 0 Å². The van der Waals surface area contributed by atoms with Crippen LogP contribution in [0.3, 0.4) is 0 Å². The van der Waals surface area contributed by atoms with Gasteiger partial charge in [0.25, 0.3) is 5.91 Å². The Morgan fingerprint density at radius 2 is 2.00 bits per heavy atom. The predicted molar refractivity (Wildman–Crippen MR) is 75.7 cm³/mol. The molecule has 0 aliphatic carbocycles. The molecule has 106 valence electrons. The zero-order chi connectivity index (χ0) is 14.7. The van der Waals surface area contributed by atoms with E-state index >= 15 is 0 Å². The Morgan fingerprint density at radius 3 is 2.70 bits per heavy atom. The van der Waals surface area contributed by atoms with Gasteiger partial charge in [0.05, 0.1) is 6.42 Å². The van der Waals surface area contributed by atoms with Crippen molar-refractivity contribution in [1.82, 2.24) is 4.90 Å². The number of ketones is 1. The minimum atomic E-state index is -0.320. The fraction of sp³-hybridized carbons (Fsp3) is 0.438. The lowest BCUT2D eigenvalue weighted by atomic mass is 9.94. The third-order valence-corrected chi connectivity index (χ3v) is 3.69. The number of fused-ring (bicyclic) bond motifs is 1. The minimum Gasteiger partial charge on any atom is -0.294 e. The molecule has 1 heterocycles. The Morgan fingerprint density at radius 1 is 1.25 bits per heavy atom. The van der Waals surface area contributed by atoms with Crippen LogP contribution in [0.15, 0.2) is 18.2 Å². The summed E-state index contributed by atoms with van der Waals surface area (Å²) in [5.74, 6) is -0.461. The van der Waals surface area contributed by atoms with E-state index in [4.69, 9.17) is 0 Å². The normalized spacial score (nSPS) is 14.4. The van der Waals surface area contributed by atoms with Gasteiger partial charge in [0.15, 0.2) is 5.78 Å². The number of hydrogen-bond acceptors (Lipinski definition) is 3. The Labute approximate surface area is 118 Å². The van der Waals surface area contributed by atoms with Crippen molar-refractivity contribution in [2.24, 2.45) is 0 Å². The molecule has 4 nitrogen and oxygen atoms in total. The second-order valence-electron chi connectivity index (χ2n) is 5.19. The largest absolute Gasteiger partial charge is 0.294 e. The predicted octanol–water partition coefficient (Wildman–Crippen LogP) is 2.60. The quantitative estimate of drug-likeness (QED) is 0.471. The fourth-order valence-electron chi connectivity index (χ4n) is 2.36. The molecule has 0 spiro atoms. The van der Waals surface area contributed by atoms with Crippen molar-refractivity contribution in [2.45, 2.75) is 39.0 Å². The highest BCUT2D eigenvalue weighted by Gasteiger charge is 2.28. The molecule has 0 radical (unpaired) electrons. The number of carbonyl (C=O) groups excluding carboxylic acids is 3. The van der Waals surface area contributed by atoms with Crippen molar-refractivity contribution in [2.75, 3.05) is 7.05 Å². The summed E-state index contributed by atoms with van der Waals surface area (Å²) in [5, 5.41) is 0. The van der Waals surface area contributed by atoms with Gasteiger partial charge in [0.2, 0.25) is 5.91 Å². The molecule has 2 amide bonds. The highest BCUT2D eigenvalue weighted by molar-refractivity contribution is 6.10. The molecule has 4 heteroatoms. The van der Waals surface area contributed by atoms with Gasteiger partial charge < -0.3 is 0 Å². The molecule has 0 bridgehead atoms. The van der Waals surface area contributed by atoms with E-state index < -0.39 is 0 Å². The fourth-order valence-corrected chi connectivity index (χ4v) is 2.36. The van der Waals surface area contributed by atoms with Crippen LogP contribution >= 0.6 is 0 Å². The van der Waals surface area contributed by atoms with Crippen molar-refractivity contribution in [1.29, 1.82) is 0 Å². The number of likely N-dealkylation sites (N-methyl/N-ethyl adjacent to an activating group) is 1. The summed E-state index contributed by atoms with van der Waals surface area (Å²) in [5.41, 5.74) is 1.76. The maximum atomic E-state index is 12.1. The number of benzene rings is 1. The molecular formula is C16H19NO3. The van der Waals surface area contributed by atoms with E-state index in [-0.39, 0.29) is 24.0 Å². The van der Waals surface area contributed by atoms with E-state index in [1.165, 1.54) is 7.05 Å². The highest BCUT2D eigenvalue weighted by atomic mass is 16.2. The van der Waals surface area contributed by atoms with Crippen LogP contribution in [-0.4, -0.2) is 29.5 Å². The lowest BCUT2D eigenvalue weighted by Gasteiger charge is -2.23. The van der Waals surface area contributed by atoms with Crippen LogP contribution in [0.4, 0.5) is 0 Å². The van der Waals surface area contributed by atoms with Gasteiger partial charge in [0.1, 0.15) is 0 Å². The number of amides is 2. The van der Waals surface area contributed by atoms with Crippen molar-refractivity contribution in [3.05, 3.63) is 34.9 Å². The number of unbranched alkanes of at least 4 members (excludes halogenated alkanes) is 2. The van der Waals surface area contributed by atoms with Gasteiger partial charge in [-0.25, -0.2) is 0 Å². The standard InChI is InChI=1S/C16H19NO3/c1-3-4-5-6-14(18)12-8-7-11-10-15(19)17(2)16(20)13(11)9-12/h7-9H,3-6,10H2,1-2H3. The first-order valence-electron chi connectivity index (χ1n) is 7.01. The van der Waals surface area contributed by atoms with Crippen LogP contribution < -0.4 is 0 Å². The first-order chi connectivity index (χ1) is 9.54. The molecule has 0 aromatic heterocycles. The van der Waals surface area contributed by atoms with Crippen LogP contribution in [0, 0.1) is 0 Å². The van der Waals surface area contributed by atoms with Crippen LogP contribution in [0.1, 0.15) is 58.9 Å². The van der Waals surface area contributed by atoms with E-state index in [1.807, 2.05) is 0 Å². The van der Waals surface area contributed by atoms with Crippen molar-refractivity contribution in [3.8, 4) is 0 Å². The first kappa shape index (κ1) is 14.4. The van der Waals surface area contributed by atoms with Gasteiger partial charge in [-0.05, 0) is 18.1 Å². The smallest absolute Gasteiger partial charge is 0.260 e. The number of imide groups is 1. The van der Waals surface area contributed by atoms with E-state index in [1.54, 1.807) is 18.2 Å². The number of carbonyl (C=O) groups is 3. The Balaban J connectivity index is 2.21. The van der Waals surface area contributed by atoms with Crippen LogP contribution in [0.25, 0.3) is 0 Å². The molecule has 0 saturated heterocycles. The molecule has 0 saturated carbocycles. The summed E-state index contributed by atoms with van der Waals surface area (Å²) in [6.07, 6.45) is 3.71. The number of nitrogens with zero attached hydrogens (tertiary/aromatic N) is 1. The van der Waals surface area contributed by atoms with Crippen molar-refractivity contribution in [3.63, 3.8) is 0 Å². The summed E-state index contributed by atoms with van der Waals surface area (Å²) in [6.45, 7) is 2.09. The van der Waals surface area contributed by atoms with Gasteiger partial charge in [-0.1, -0.05) is 31.9 Å². The molecule has 20 heavy (non-hydrogen) atoms. The molecule has 2 rings (SSSR count). The Bertz CT molecular complexity index is 563. The zero-order valence-corrected chi connectivity index (χ0v) is 11.9. The topological polar surface area (TPSA) is 54.5 Å². The maximum absolute atomic E-state index is 12.1. The Hall–Kier alpha value is -1.97. The van der Waals surface area contributed by atoms with E-state index in [2.05, 4.69) is 6.92 Å². The SMILES string of the molecule is CCCCCC(=O)c1ccc2c(c1)C(=O)N(C)C(=O)C2. The average Bonchev–Trinajstić information content (AvgIpc) is 2.45. The molecule has 0 atom stereocenters. The van der Waals surface area contributed by atoms with Crippen molar-refractivity contribution < 1.29 is 14.4 Å². The van der Waals surface area contributed by atoms with Crippen molar-refractivity contribution >= 4 is 17.6 Å². The third kappa shape index (κ3) is 2.79. The molecule has 1 aromatic carbocycles. The van der Waals surface area contributed by atoms with Crippen LogP contribution in [0.5, 0.6) is 0 Å². The minimum absolute atomic E-state index is 0.0635. The summed E-state index contributed by atoms with van der Waals surface area (Å²) in [7, 11) is 1.48.